The minimum absolute atomic E-state index is 0.157. The number of ether oxygens (including phenoxy) is 1. The van der Waals surface area contributed by atoms with Crippen LogP contribution in [0.3, 0.4) is 0 Å². The molecule has 0 aliphatic carbocycles. The first kappa shape index (κ1) is 18.8. The summed E-state index contributed by atoms with van der Waals surface area (Å²) in [5, 5.41) is 2.94. The molecule has 134 valence electrons. The lowest BCUT2D eigenvalue weighted by molar-refractivity contribution is -0.122. The number of rotatable bonds is 7. The van der Waals surface area contributed by atoms with Crippen LogP contribution in [-0.2, 0) is 4.79 Å². The molecule has 0 radical (unpaired) electrons. The standard InChI is InChI=1S/C21H28N2O2/c1-5-14(3)17-9-7-8-10-20(17)25-19(6-2)21(24)23-18-13-16(22)12-11-15(18)4/h7-14,19H,5-6,22H2,1-4H3,(H,23,24)/t14-,19-/m1/s1. The maximum Gasteiger partial charge on any atom is 0.265 e. The third kappa shape index (κ3) is 4.75. The van der Waals surface area contributed by atoms with Crippen molar-refractivity contribution in [1.29, 1.82) is 0 Å². The lowest BCUT2D eigenvalue weighted by atomic mass is 9.98. The highest BCUT2D eigenvalue weighted by molar-refractivity contribution is 5.95. The van der Waals surface area contributed by atoms with Crippen LogP contribution in [-0.4, -0.2) is 12.0 Å². The summed E-state index contributed by atoms with van der Waals surface area (Å²) < 4.78 is 6.08. The first-order chi connectivity index (χ1) is 12.0. The molecule has 0 aromatic heterocycles. The topological polar surface area (TPSA) is 64.3 Å². The van der Waals surface area contributed by atoms with Crippen LogP contribution in [0.25, 0.3) is 0 Å². The van der Waals surface area contributed by atoms with Crippen LogP contribution in [0.2, 0.25) is 0 Å². The van der Waals surface area contributed by atoms with Gasteiger partial charge in [-0.3, -0.25) is 4.79 Å². The smallest absolute Gasteiger partial charge is 0.265 e. The number of hydrogen-bond donors (Lipinski definition) is 2. The SMILES string of the molecule is CC[C@@H](C)c1ccccc1O[C@H](CC)C(=O)Nc1cc(N)ccc1C. The van der Waals surface area contributed by atoms with E-state index in [2.05, 4.69) is 25.2 Å². The fourth-order valence-electron chi connectivity index (χ4n) is 2.68. The Labute approximate surface area is 150 Å². The fraction of sp³-hybridized carbons (Fsp3) is 0.381. The molecule has 0 bridgehead atoms. The number of amides is 1. The van der Waals surface area contributed by atoms with E-state index in [0.29, 0.717) is 18.0 Å². The molecule has 4 nitrogen and oxygen atoms in total. The maximum absolute atomic E-state index is 12.7. The number of nitrogens with one attached hydrogen (secondary N) is 1. The largest absolute Gasteiger partial charge is 0.480 e. The third-order valence-electron chi connectivity index (χ3n) is 4.51. The van der Waals surface area contributed by atoms with Gasteiger partial charge in [-0.25, -0.2) is 0 Å². The van der Waals surface area contributed by atoms with Crippen molar-refractivity contribution in [3.8, 4) is 5.75 Å². The highest BCUT2D eigenvalue weighted by atomic mass is 16.5. The van der Waals surface area contributed by atoms with Crippen molar-refractivity contribution in [2.45, 2.75) is 52.6 Å². The number of benzene rings is 2. The molecule has 0 saturated heterocycles. The van der Waals surface area contributed by atoms with Gasteiger partial charge in [-0.15, -0.1) is 0 Å². The molecular formula is C21H28N2O2. The first-order valence-electron chi connectivity index (χ1n) is 8.88. The molecule has 0 fully saturated rings. The molecule has 2 rings (SSSR count). The molecule has 0 aliphatic rings. The van der Waals surface area contributed by atoms with Gasteiger partial charge in [0.2, 0.25) is 0 Å². The minimum atomic E-state index is -0.550. The molecule has 0 unspecified atom stereocenters. The van der Waals surface area contributed by atoms with Crippen LogP contribution >= 0.6 is 0 Å². The van der Waals surface area contributed by atoms with Gasteiger partial charge >= 0.3 is 0 Å². The monoisotopic (exact) mass is 340 g/mol. The van der Waals surface area contributed by atoms with Gasteiger partial charge in [0.15, 0.2) is 6.10 Å². The Bertz CT molecular complexity index is 728. The van der Waals surface area contributed by atoms with E-state index in [0.717, 1.165) is 29.0 Å². The number of nitrogen functional groups attached to an aromatic ring is 1. The van der Waals surface area contributed by atoms with E-state index >= 15 is 0 Å². The zero-order valence-corrected chi connectivity index (χ0v) is 15.5. The molecule has 0 heterocycles. The van der Waals surface area contributed by atoms with Crippen LogP contribution in [0.5, 0.6) is 5.75 Å². The second kappa shape index (κ2) is 8.56. The number of anilines is 2. The minimum Gasteiger partial charge on any atom is -0.480 e. The van der Waals surface area contributed by atoms with Crippen molar-refractivity contribution >= 4 is 17.3 Å². The van der Waals surface area contributed by atoms with Crippen molar-refractivity contribution in [2.24, 2.45) is 0 Å². The average Bonchev–Trinajstić information content (AvgIpc) is 2.62. The number of aryl methyl sites for hydroxylation is 1. The first-order valence-corrected chi connectivity index (χ1v) is 8.88. The lowest BCUT2D eigenvalue weighted by Gasteiger charge is -2.21. The molecule has 0 saturated carbocycles. The van der Waals surface area contributed by atoms with Gasteiger partial charge in [0.25, 0.3) is 5.91 Å². The second-order valence-corrected chi connectivity index (χ2v) is 6.43. The van der Waals surface area contributed by atoms with E-state index in [4.69, 9.17) is 10.5 Å². The van der Waals surface area contributed by atoms with Crippen LogP contribution in [0.4, 0.5) is 11.4 Å². The second-order valence-electron chi connectivity index (χ2n) is 6.43. The van der Waals surface area contributed by atoms with E-state index in [-0.39, 0.29) is 5.91 Å². The lowest BCUT2D eigenvalue weighted by Crippen LogP contribution is -2.33. The van der Waals surface area contributed by atoms with Gasteiger partial charge in [0.1, 0.15) is 5.75 Å². The van der Waals surface area contributed by atoms with Crippen LogP contribution < -0.4 is 15.8 Å². The maximum atomic E-state index is 12.7. The Morgan fingerprint density at radius 1 is 1.16 bits per heavy atom. The van der Waals surface area contributed by atoms with Crippen molar-refractivity contribution in [2.75, 3.05) is 11.1 Å². The molecule has 0 spiro atoms. The number of hydrogen-bond acceptors (Lipinski definition) is 3. The van der Waals surface area contributed by atoms with Gasteiger partial charge in [-0.2, -0.15) is 0 Å². The van der Waals surface area contributed by atoms with Crippen LogP contribution in [0.1, 0.15) is 50.7 Å². The van der Waals surface area contributed by atoms with Crippen LogP contribution in [0.15, 0.2) is 42.5 Å². The molecule has 4 heteroatoms. The Balaban J connectivity index is 2.17. The predicted molar refractivity (Wildman–Crippen MR) is 104 cm³/mol. The summed E-state index contributed by atoms with van der Waals surface area (Å²) in [6.45, 7) is 8.20. The van der Waals surface area contributed by atoms with Gasteiger partial charge in [-0.1, -0.05) is 45.0 Å². The van der Waals surface area contributed by atoms with E-state index in [1.165, 1.54) is 0 Å². The molecule has 1 amide bonds. The van der Waals surface area contributed by atoms with Gasteiger partial charge < -0.3 is 15.8 Å². The third-order valence-corrected chi connectivity index (χ3v) is 4.51. The summed E-state index contributed by atoms with van der Waals surface area (Å²) in [6, 6.07) is 13.4. The zero-order chi connectivity index (χ0) is 18.4. The predicted octanol–water partition coefficient (Wildman–Crippen LogP) is 4.89. The summed E-state index contributed by atoms with van der Waals surface area (Å²) in [6.07, 6.45) is 1.06. The Hall–Kier alpha value is -2.49. The highest BCUT2D eigenvalue weighted by Crippen LogP contribution is 2.29. The molecule has 2 atom stereocenters. The summed E-state index contributed by atoms with van der Waals surface area (Å²) >= 11 is 0. The summed E-state index contributed by atoms with van der Waals surface area (Å²) in [5.41, 5.74) is 9.27. The number of carbonyl (C=O) groups is 1. The van der Waals surface area contributed by atoms with E-state index < -0.39 is 6.10 Å². The Morgan fingerprint density at radius 3 is 2.56 bits per heavy atom. The number of nitrogens with two attached hydrogens (primary N) is 1. The van der Waals surface area contributed by atoms with Crippen molar-refractivity contribution in [3.05, 3.63) is 53.6 Å². The fourth-order valence-corrected chi connectivity index (χ4v) is 2.68. The molecule has 2 aromatic carbocycles. The molecule has 2 aromatic rings. The summed E-state index contributed by atoms with van der Waals surface area (Å²) in [4.78, 5) is 12.7. The average molecular weight is 340 g/mol. The van der Waals surface area contributed by atoms with Crippen molar-refractivity contribution in [1.82, 2.24) is 0 Å². The summed E-state index contributed by atoms with van der Waals surface area (Å²) in [7, 11) is 0. The van der Waals surface area contributed by atoms with Gasteiger partial charge in [0.05, 0.1) is 0 Å². The van der Waals surface area contributed by atoms with Crippen molar-refractivity contribution < 1.29 is 9.53 Å². The highest BCUT2D eigenvalue weighted by Gasteiger charge is 2.21. The Morgan fingerprint density at radius 2 is 1.88 bits per heavy atom. The Kier molecular flexibility index (Phi) is 6.45. The molecular weight excluding hydrogens is 312 g/mol. The van der Waals surface area contributed by atoms with Crippen LogP contribution in [0, 0.1) is 6.92 Å². The van der Waals surface area contributed by atoms with E-state index in [9.17, 15) is 4.79 Å². The molecule has 0 aliphatic heterocycles. The number of para-hydroxylation sites is 1. The zero-order valence-electron chi connectivity index (χ0n) is 15.5. The van der Waals surface area contributed by atoms with Gasteiger partial charge in [0, 0.05) is 11.4 Å². The normalized spacial score (nSPS) is 13.1. The number of carbonyl (C=O) groups excluding carboxylic acids is 1. The van der Waals surface area contributed by atoms with E-state index in [1.807, 2.05) is 44.2 Å². The molecule has 3 N–H and O–H groups in total. The van der Waals surface area contributed by atoms with Gasteiger partial charge in [-0.05, 0) is 55.0 Å². The van der Waals surface area contributed by atoms with Crippen molar-refractivity contribution in [3.63, 3.8) is 0 Å². The summed E-state index contributed by atoms with van der Waals surface area (Å²) in [5.74, 6) is 1.01. The quantitative estimate of drug-likeness (QED) is 0.706. The molecule has 25 heavy (non-hydrogen) atoms. The van der Waals surface area contributed by atoms with E-state index in [1.54, 1.807) is 6.07 Å².